The smallest absolute Gasteiger partial charge is 0.251 e. The van der Waals surface area contributed by atoms with Crippen LogP contribution in [-0.4, -0.2) is 29.4 Å². The summed E-state index contributed by atoms with van der Waals surface area (Å²) < 4.78 is 27.6. The topological polar surface area (TPSA) is 45.2 Å². The predicted octanol–water partition coefficient (Wildman–Crippen LogP) is 6.08. The molecule has 0 saturated heterocycles. The van der Waals surface area contributed by atoms with Crippen LogP contribution in [0, 0.1) is 13.8 Å². The first kappa shape index (κ1) is 24.4. The molecule has 0 radical (unpaired) electrons. The number of alkyl halides is 2. The number of aryl methyl sites for hydroxylation is 3. The van der Waals surface area contributed by atoms with Crippen molar-refractivity contribution in [3.63, 3.8) is 0 Å². The van der Waals surface area contributed by atoms with E-state index in [1.165, 1.54) is 5.56 Å². The molecule has 1 amide bonds. The van der Waals surface area contributed by atoms with Gasteiger partial charge < -0.3 is 10.2 Å². The van der Waals surface area contributed by atoms with Crippen LogP contribution in [0.15, 0.2) is 36.4 Å². The summed E-state index contributed by atoms with van der Waals surface area (Å²) in [5.74, 6) is -2.67. The maximum atomic E-state index is 13.8. The van der Waals surface area contributed by atoms with Gasteiger partial charge in [-0.15, -0.1) is 0 Å². The highest BCUT2D eigenvalue weighted by atomic mass is 19.3. The zero-order chi connectivity index (χ0) is 24.3. The summed E-state index contributed by atoms with van der Waals surface area (Å²) in [6, 6.07) is 8.00. The standard InChI is InChI=1S/C28H35F2N3O/c1-4-33(22-13-15-28(29,30)16-14-22)26-12-8-11-24-23(26)10-7-5-6-9-21-17-19(2)32-20(3)25(21)18-31-27(24)34/h5,7-8,11-12,17,22H,4,6,9-10,13-16,18H2,1-3H3,(H,31,34)/b7-5+. The molecule has 1 saturated carbocycles. The van der Waals surface area contributed by atoms with Crippen molar-refractivity contribution in [2.24, 2.45) is 0 Å². The van der Waals surface area contributed by atoms with Gasteiger partial charge in [0.2, 0.25) is 5.92 Å². The molecule has 1 aliphatic heterocycles. The first-order chi connectivity index (χ1) is 16.3. The Morgan fingerprint density at radius 1 is 1.15 bits per heavy atom. The van der Waals surface area contributed by atoms with Crippen LogP contribution >= 0.6 is 0 Å². The minimum atomic E-state index is -2.56. The van der Waals surface area contributed by atoms with E-state index in [2.05, 4.69) is 40.3 Å². The Labute approximate surface area is 201 Å². The number of nitrogens with one attached hydrogen (secondary N) is 1. The molecule has 4 rings (SSSR count). The summed E-state index contributed by atoms with van der Waals surface area (Å²) in [6.07, 6.45) is 7.57. The zero-order valence-electron chi connectivity index (χ0n) is 20.5. The summed E-state index contributed by atoms with van der Waals surface area (Å²) in [6.45, 7) is 7.22. The number of allylic oxidation sites excluding steroid dienone is 2. The van der Waals surface area contributed by atoms with Gasteiger partial charge in [-0.2, -0.15) is 0 Å². The minimum Gasteiger partial charge on any atom is -0.369 e. The van der Waals surface area contributed by atoms with E-state index in [1.807, 2.05) is 32.0 Å². The van der Waals surface area contributed by atoms with E-state index >= 15 is 0 Å². The normalized spacial score (nSPS) is 19.7. The first-order valence-corrected chi connectivity index (χ1v) is 12.4. The Hall–Kier alpha value is -2.76. The number of fused-ring (bicyclic) bond motifs is 2. The number of aromatic nitrogens is 1. The SMILES string of the molecule is CCN(c1cccc2c1C/C=C/CCc1cc(C)nc(C)c1CNC2=O)C1CCC(F)(F)CC1. The molecule has 0 unspecified atom stereocenters. The van der Waals surface area contributed by atoms with Crippen molar-refractivity contribution in [3.05, 3.63) is 70.1 Å². The van der Waals surface area contributed by atoms with E-state index in [1.54, 1.807) is 0 Å². The monoisotopic (exact) mass is 467 g/mol. The lowest BCUT2D eigenvalue weighted by Gasteiger charge is -2.39. The average Bonchev–Trinajstić information content (AvgIpc) is 2.79. The van der Waals surface area contributed by atoms with Crippen LogP contribution in [0.25, 0.3) is 0 Å². The van der Waals surface area contributed by atoms with Crippen LogP contribution in [0.4, 0.5) is 14.5 Å². The number of pyridine rings is 1. The van der Waals surface area contributed by atoms with Gasteiger partial charge in [0.25, 0.3) is 5.91 Å². The largest absolute Gasteiger partial charge is 0.369 e. The second kappa shape index (κ2) is 10.2. The van der Waals surface area contributed by atoms with Gasteiger partial charge in [0.15, 0.2) is 0 Å². The van der Waals surface area contributed by atoms with E-state index < -0.39 is 5.92 Å². The lowest BCUT2D eigenvalue weighted by Crippen LogP contribution is -2.41. The Bertz CT molecular complexity index is 1070. The summed E-state index contributed by atoms with van der Waals surface area (Å²) in [4.78, 5) is 20.2. The van der Waals surface area contributed by atoms with Crippen molar-refractivity contribution in [1.82, 2.24) is 10.3 Å². The van der Waals surface area contributed by atoms with Gasteiger partial charge in [0.05, 0.1) is 0 Å². The van der Waals surface area contributed by atoms with Crippen LogP contribution in [0.2, 0.25) is 0 Å². The van der Waals surface area contributed by atoms with E-state index in [9.17, 15) is 13.6 Å². The molecule has 1 aliphatic carbocycles. The predicted molar refractivity (Wildman–Crippen MR) is 133 cm³/mol. The molecule has 182 valence electrons. The second-order valence-electron chi connectivity index (χ2n) is 9.56. The third-order valence-corrected chi connectivity index (χ3v) is 7.22. The van der Waals surface area contributed by atoms with Gasteiger partial charge in [-0.05, 0) is 87.8 Å². The lowest BCUT2D eigenvalue weighted by molar-refractivity contribution is -0.0380. The minimum absolute atomic E-state index is 0.0633. The quantitative estimate of drug-likeness (QED) is 0.557. The Balaban J connectivity index is 1.67. The molecule has 6 heteroatoms. The first-order valence-electron chi connectivity index (χ1n) is 12.4. The van der Waals surface area contributed by atoms with Crippen molar-refractivity contribution < 1.29 is 13.6 Å². The molecule has 4 nitrogen and oxygen atoms in total. The molecule has 2 aliphatic rings. The van der Waals surface area contributed by atoms with Gasteiger partial charge in [-0.25, -0.2) is 8.78 Å². The maximum Gasteiger partial charge on any atom is 0.251 e. The zero-order valence-corrected chi connectivity index (χ0v) is 20.5. The van der Waals surface area contributed by atoms with Gasteiger partial charge in [0.1, 0.15) is 0 Å². The number of rotatable bonds is 3. The van der Waals surface area contributed by atoms with Gasteiger partial charge >= 0.3 is 0 Å². The summed E-state index contributed by atoms with van der Waals surface area (Å²) in [5, 5.41) is 3.13. The highest BCUT2D eigenvalue weighted by Crippen LogP contribution is 2.38. The molecule has 2 aromatic rings. The Morgan fingerprint density at radius 3 is 2.65 bits per heavy atom. The Kier molecular flexibility index (Phi) is 7.34. The summed E-state index contributed by atoms with van der Waals surface area (Å²) in [5.41, 5.74) is 6.88. The van der Waals surface area contributed by atoms with Crippen LogP contribution in [0.5, 0.6) is 0 Å². The fourth-order valence-corrected chi connectivity index (χ4v) is 5.45. The number of nitrogens with zero attached hydrogens (tertiary/aromatic N) is 2. The van der Waals surface area contributed by atoms with Crippen molar-refractivity contribution in [1.29, 1.82) is 0 Å². The second-order valence-corrected chi connectivity index (χ2v) is 9.56. The molecular formula is C28H35F2N3O. The molecule has 1 aromatic carbocycles. The summed E-state index contributed by atoms with van der Waals surface area (Å²) >= 11 is 0. The Morgan fingerprint density at radius 2 is 1.91 bits per heavy atom. The average molecular weight is 468 g/mol. The highest BCUT2D eigenvalue weighted by Gasteiger charge is 2.37. The number of hydrogen-bond donors (Lipinski definition) is 1. The van der Waals surface area contributed by atoms with E-state index in [4.69, 9.17) is 0 Å². The summed E-state index contributed by atoms with van der Waals surface area (Å²) in [7, 11) is 0. The van der Waals surface area contributed by atoms with Crippen molar-refractivity contribution in [2.75, 3.05) is 11.4 Å². The number of carbonyl (C=O) groups is 1. The highest BCUT2D eigenvalue weighted by molar-refractivity contribution is 5.97. The maximum absolute atomic E-state index is 13.8. The van der Waals surface area contributed by atoms with Crippen molar-refractivity contribution in [3.8, 4) is 0 Å². The molecule has 1 fully saturated rings. The van der Waals surface area contributed by atoms with Crippen LogP contribution in [-0.2, 0) is 19.4 Å². The number of amides is 1. The fraction of sp³-hybridized carbons (Fsp3) is 0.500. The number of carbonyl (C=O) groups excluding carboxylic acids is 1. The third-order valence-electron chi connectivity index (χ3n) is 7.22. The fourth-order valence-electron chi connectivity index (χ4n) is 5.45. The van der Waals surface area contributed by atoms with E-state index in [0.717, 1.165) is 47.6 Å². The van der Waals surface area contributed by atoms with Crippen LogP contribution in [0.1, 0.15) is 77.5 Å². The van der Waals surface area contributed by atoms with Crippen LogP contribution in [0.3, 0.4) is 0 Å². The van der Waals surface area contributed by atoms with Gasteiger partial charge in [-0.1, -0.05) is 18.2 Å². The molecule has 0 bridgehead atoms. The molecular weight excluding hydrogens is 432 g/mol. The number of anilines is 1. The third kappa shape index (κ3) is 5.31. The molecule has 1 N–H and O–H groups in total. The molecule has 0 atom stereocenters. The van der Waals surface area contributed by atoms with Crippen molar-refractivity contribution in [2.45, 2.75) is 84.2 Å². The molecule has 2 heterocycles. The lowest BCUT2D eigenvalue weighted by atomic mass is 9.89. The van der Waals surface area contributed by atoms with E-state index in [0.29, 0.717) is 31.4 Å². The number of halogens is 2. The molecule has 34 heavy (non-hydrogen) atoms. The number of benzene rings is 1. The molecule has 1 aromatic heterocycles. The van der Waals surface area contributed by atoms with Crippen LogP contribution < -0.4 is 10.2 Å². The van der Waals surface area contributed by atoms with E-state index in [-0.39, 0.29) is 24.8 Å². The molecule has 0 spiro atoms. The van der Waals surface area contributed by atoms with Gasteiger partial charge in [0, 0.05) is 54.6 Å². The number of hydrogen-bond acceptors (Lipinski definition) is 3. The van der Waals surface area contributed by atoms with Crippen molar-refractivity contribution >= 4 is 11.6 Å². The van der Waals surface area contributed by atoms with Gasteiger partial charge in [-0.3, -0.25) is 9.78 Å².